The number of pyridine rings is 2. The van der Waals surface area contributed by atoms with Gasteiger partial charge in [0.2, 0.25) is 0 Å². The molecule has 1 aliphatic carbocycles. The summed E-state index contributed by atoms with van der Waals surface area (Å²) in [6.45, 7) is 14.8. The molecule has 0 unspecified atom stereocenters. The Morgan fingerprint density at radius 2 is 1.68 bits per heavy atom. The van der Waals surface area contributed by atoms with Crippen molar-refractivity contribution in [2.24, 2.45) is 11.8 Å². The van der Waals surface area contributed by atoms with Gasteiger partial charge in [0.15, 0.2) is 5.78 Å². The number of nitrogens with zero attached hydrogens (tertiary/aromatic N) is 2. The molecule has 3 heterocycles. The molecule has 0 spiro atoms. The molecule has 5 nitrogen and oxygen atoms in total. The van der Waals surface area contributed by atoms with Crippen LogP contribution in [0, 0.1) is 17.9 Å². The van der Waals surface area contributed by atoms with Gasteiger partial charge in [-0.15, -0.1) is 29.1 Å². The minimum atomic E-state index is 0. The second-order valence-electron chi connectivity index (χ2n) is 13.4. The summed E-state index contributed by atoms with van der Waals surface area (Å²) < 4.78 is 6.31. The summed E-state index contributed by atoms with van der Waals surface area (Å²) in [7, 11) is 0. The van der Waals surface area contributed by atoms with E-state index in [-0.39, 0.29) is 48.9 Å². The zero-order valence-electron chi connectivity index (χ0n) is 28.7. The van der Waals surface area contributed by atoms with Crippen LogP contribution in [0.4, 0.5) is 0 Å². The van der Waals surface area contributed by atoms with Crippen LogP contribution in [0.25, 0.3) is 44.1 Å². The number of ketones is 1. The van der Waals surface area contributed by atoms with Crippen LogP contribution in [-0.4, -0.2) is 20.9 Å². The van der Waals surface area contributed by atoms with Gasteiger partial charge in [-0.2, -0.15) is 0 Å². The molecular formula is C41H47IrN2O3-. The van der Waals surface area contributed by atoms with Gasteiger partial charge >= 0.3 is 0 Å². The zero-order valence-corrected chi connectivity index (χ0v) is 31.1. The summed E-state index contributed by atoms with van der Waals surface area (Å²) in [6, 6.07) is 18.5. The molecule has 0 saturated carbocycles. The SMILES string of the molecule is CC(C)(C)c1cc(-c2nccc3oc4c(c23)-c2cnccc2CC4)[c-]c2ccccc12.CCC(CC)C(=O)/C=C(\O)C(CC)CC.[Ir]. The number of benzene rings is 2. The first-order chi connectivity index (χ1) is 22.1. The molecule has 47 heavy (non-hydrogen) atoms. The number of hydrogen-bond donors (Lipinski definition) is 1. The third-order valence-corrected chi connectivity index (χ3v) is 9.40. The first-order valence-electron chi connectivity index (χ1n) is 16.8. The van der Waals surface area contributed by atoms with Crippen LogP contribution < -0.4 is 0 Å². The van der Waals surface area contributed by atoms with Gasteiger partial charge in [-0.25, -0.2) is 0 Å². The molecule has 0 bridgehead atoms. The number of carbonyl (C=O) groups is 1. The molecule has 1 aliphatic rings. The number of allylic oxidation sites excluding steroid dienone is 2. The normalized spacial score (nSPS) is 12.8. The van der Waals surface area contributed by atoms with E-state index in [0.29, 0.717) is 0 Å². The van der Waals surface area contributed by atoms with E-state index in [0.717, 1.165) is 83.0 Å². The Hall–Kier alpha value is -3.60. The van der Waals surface area contributed by atoms with Crippen molar-refractivity contribution in [3.8, 4) is 22.4 Å². The number of rotatable bonds is 8. The number of furan rings is 1. The van der Waals surface area contributed by atoms with E-state index in [1.165, 1.54) is 22.6 Å². The van der Waals surface area contributed by atoms with Gasteiger partial charge in [0.05, 0.1) is 5.76 Å². The van der Waals surface area contributed by atoms with Crippen molar-refractivity contribution < 1.29 is 34.4 Å². The van der Waals surface area contributed by atoms with Crippen molar-refractivity contribution in [2.75, 3.05) is 0 Å². The summed E-state index contributed by atoms with van der Waals surface area (Å²) in [5, 5.41) is 13.2. The van der Waals surface area contributed by atoms with E-state index in [1.54, 1.807) is 0 Å². The molecule has 3 aromatic heterocycles. The number of aromatic nitrogens is 2. The van der Waals surface area contributed by atoms with Gasteiger partial charge in [-0.05, 0) is 55.2 Å². The van der Waals surface area contributed by atoms with Crippen LogP contribution in [0.15, 0.2) is 77.3 Å². The van der Waals surface area contributed by atoms with Gasteiger partial charge < -0.3 is 9.52 Å². The second kappa shape index (κ2) is 15.5. The molecule has 0 amide bonds. The van der Waals surface area contributed by atoms with Crippen LogP contribution in [0.3, 0.4) is 0 Å². The molecule has 0 fully saturated rings. The minimum Gasteiger partial charge on any atom is -0.512 e. The Labute approximate surface area is 293 Å². The first-order valence-corrected chi connectivity index (χ1v) is 16.8. The van der Waals surface area contributed by atoms with Crippen molar-refractivity contribution in [3.63, 3.8) is 0 Å². The molecule has 249 valence electrons. The van der Waals surface area contributed by atoms with E-state index in [4.69, 9.17) is 9.40 Å². The molecule has 2 aromatic carbocycles. The predicted octanol–water partition coefficient (Wildman–Crippen LogP) is 10.8. The largest absolute Gasteiger partial charge is 0.512 e. The summed E-state index contributed by atoms with van der Waals surface area (Å²) in [5.41, 5.74) is 7.74. The van der Waals surface area contributed by atoms with E-state index in [2.05, 4.69) is 68.2 Å². The maximum Gasteiger partial charge on any atom is 0.162 e. The van der Waals surface area contributed by atoms with Gasteiger partial charge in [0.25, 0.3) is 0 Å². The molecule has 0 aliphatic heterocycles. The monoisotopic (exact) mass is 808 g/mol. The van der Waals surface area contributed by atoms with Gasteiger partial charge in [0, 0.05) is 85.2 Å². The van der Waals surface area contributed by atoms with Crippen molar-refractivity contribution >= 4 is 27.5 Å². The van der Waals surface area contributed by atoms with Crippen molar-refractivity contribution in [2.45, 2.75) is 92.4 Å². The fourth-order valence-electron chi connectivity index (χ4n) is 6.63. The summed E-state index contributed by atoms with van der Waals surface area (Å²) >= 11 is 0. The average Bonchev–Trinajstić information content (AvgIpc) is 3.45. The molecule has 0 atom stereocenters. The predicted molar refractivity (Wildman–Crippen MR) is 189 cm³/mol. The standard InChI is InChI=1S/C28H23N2O.C13H24O2.Ir/c1-28(2,3)22-15-19(14-18-6-4-5-7-20(18)22)27-26-24(11-13-30-27)31-23-9-8-17-10-12-29-16-21(17)25(23)26;1-5-10(6-2)12(14)9-13(15)11(7-3)8-4;/h4-7,10-13,15-16H,8-9H2,1-3H3;9-11,14H,5-8H2,1-4H3;/q-1;;/b;12-9-;. The topological polar surface area (TPSA) is 76.2 Å². The Morgan fingerprint density at radius 1 is 0.979 bits per heavy atom. The Balaban J connectivity index is 0.000000269. The van der Waals surface area contributed by atoms with Crippen molar-refractivity contribution in [3.05, 3.63) is 95.8 Å². The maximum absolute atomic E-state index is 11.7. The number of hydrogen-bond acceptors (Lipinski definition) is 5. The van der Waals surface area contributed by atoms with Crippen molar-refractivity contribution in [1.29, 1.82) is 0 Å². The number of aliphatic hydroxyl groups excluding tert-OH is 1. The maximum atomic E-state index is 11.7. The quantitative estimate of drug-likeness (QED) is 0.0960. The Kier molecular flexibility index (Phi) is 12.0. The average molecular weight is 808 g/mol. The van der Waals surface area contributed by atoms with Crippen molar-refractivity contribution in [1.82, 2.24) is 9.97 Å². The molecule has 1 N–H and O–H groups in total. The molecule has 6 rings (SSSR count). The minimum absolute atomic E-state index is 0. The fraction of sp³-hybridized carbons (Fsp3) is 0.390. The molecule has 6 heteroatoms. The first kappa shape index (κ1) is 36.2. The van der Waals surface area contributed by atoms with Gasteiger partial charge in [-0.1, -0.05) is 77.6 Å². The smallest absolute Gasteiger partial charge is 0.162 e. The fourth-order valence-corrected chi connectivity index (χ4v) is 6.63. The molecule has 0 saturated heterocycles. The third kappa shape index (κ3) is 7.60. The molecule has 1 radical (unpaired) electrons. The van der Waals surface area contributed by atoms with E-state index in [1.807, 2.05) is 52.4 Å². The van der Waals surface area contributed by atoms with E-state index >= 15 is 0 Å². The van der Waals surface area contributed by atoms with Crippen LogP contribution in [0.1, 0.15) is 91.0 Å². The van der Waals surface area contributed by atoms with E-state index < -0.39 is 0 Å². The zero-order chi connectivity index (χ0) is 33.0. The Bertz CT molecular complexity index is 1870. The van der Waals surface area contributed by atoms with Crippen LogP contribution in [0.5, 0.6) is 0 Å². The van der Waals surface area contributed by atoms with E-state index in [9.17, 15) is 9.90 Å². The second-order valence-corrected chi connectivity index (χ2v) is 13.4. The number of carbonyl (C=O) groups excluding carboxylic acids is 1. The summed E-state index contributed by atoms with van der Waals surface area (Å²) in [5.74, 6) is 1.58. The molecule has 5 aromatic rings. The number of fused-ring (bicyclic) bond motifs is 6. The summed E-state index contributed by atoms with van der Waals surface area (Å²) in [4.78, 5) is 21.0. The summed E-state index contributed by atoms with van der Waals surface area (Å²) in [6.07, 6.45) is 12.5. The van der Waals surface area contributed by atoms with Gasteiger partial charge in [-0.3, -0.25) is 14.8 Å². The number of aliphatic hydroxyl groups is 1. The van der Waals surface area contributed by atoms with Gasteiger partial charge in [0.1, 0.15) is 11.3 Å². The third-order valence-electron chi connectivity index (χ3n) is 9.40. The number of aryl methyl sites for hydroxylation is 2. The van der Waals surface area contributed by atoms with Crippen LogP contribution >= 0.6 is 0 Å². The van der Waals surface area contributed by atoms with Crippen LogP contribution in [0.2, 0.25) is 0 Å². The van der Waals surface area contributed by atoms with Crippen LogP contribution in [-0.2, 0) is 43.2 Å². The Morgan fingerprint density at radius 3 is 2.36 bits per heavy atom. The molecular weight excluding hydrogens is 761 g/mol.